The van der Waals surface area contributed by atoms with Gasteiger partial charge in [0.25, 0.3) is 0 Å². The van der Waals surface area contributed by atoms with Crippen molar-refractivity contribution in [2.24, 2.45) is 17.3 Å². The quantitative estimate of drug-likeness (QED) is 0.773. The van der Waals surface area contributed by atoms with Crippen LogP contribution in [0.15, 0.2) is 47.6 Å². The largest absolute Gasteiger partial charge is 0.389 e. The highest BCUT2D eigenvalue weighted by Crippen LogP contribution is 2.61. The molecular weight excluding hydrogens is 284 g/mol. The summed E-state index contributed by atoms with van der Waals surface area (Å²) < 4.78 is 0. The minimum Gasteiger partial charge on any atom is -0.389 e. The van der Waals surface area contributed by atoms with Crippen LogP contribution in [0.4, 0.5) is 0 Å². The minimum absolute atomic E-state index is 0.151. The van der Waals surface area contributed by atoms with Crippen LogP contribution >= 0.6 is 0 Å². The van der Waals surface area contributed by atoms with Crippen molar-refractivity contribution in [2.45, 2.75) is 57.5 Å². The van der Waals surface area contributed by atoms with Gasteiger partial charge in [-0.2, -0.15) is 0 Å². The van der Waals surface area contributed by atoms with Gasteiger partial charge in [0.15, 0.2) is 5.78 Å². The van der Waals surface area contributed by atoms with Gasteiger partial charge in [-0.25, -0.2) is 0 Å². The van der Waals surface area contributed by atoms with Crippen LogP contribution in [0.25, 0.3) is 0 Å². The first-order chi connectivity index (χ1) is 11.0. The monoisotopic (exact) mass is 310 g/mol. The second-order valence-electron chi connectivity index (χ2n) is 8.00. The second-order valence-corrected chi connectivity index (χ2v) is 8.00. The number of fused-ring (bicyclic) bond motifs is 4. The summed E-state index contributed by atoms with van der Waals surface area (Å²) in [5, 5.41) is 11.2. The Morgan fingerprint density at radius 3 is 2.96 bits per heavy atom. The Bertz CT molecular complexity index is 665. The molecule has 0 heterocycles. The molecule has 0 unspecified atom stereocenters. The first kappa shape index (κ1) is 15.1. The van der Waals surface area contributed by atoms with Crippen molar-refractivity contribution in [3.63, 3.8) is 0 Å². The predicted octanol–water partition coefficient (Wildman–Crippen LogP) is 4.28. The van der Waals surface area contributed by atoms with E-state index in [4.69, 9.17) is 0 Å². The number of hydrogen-bond acceptors (Lipinski definition) is 2. The standard InChI is InChI=1S/C21H26O2/c1-3-10-21(23)12-9-19-18-6-4-14-13-15(22)5-7-16(14)17(18)8-11-20(19,21)2/h3,8,11,13,18-19,23H,1,4-7,9-10,12H2,2H3/t18-,19+,20-,21-/m0/s1. The molecule has 4 rings (SSSR count). The molecule has 0 bridgehead atoms. The van der Waals surface area contributed by atoms with Gasteiger partial charge < -0.3 is 5.11 Å². The molecule has 2 nitrogen and oxygen atoms in total. The fourth-order valence-electron chi connectivity index (χ4n) is 5.68. The molecule has 122 valence electrons. The van der Waals surface area contributed by atoms with Crippen LogP contribution in [-0.2, 0) is 4.79 Å². The van der Waals surface area contributed by atoms with E-state index in [9.17, 15) is 9.90 Å². The lowest BCUT2D eigenvalue weighted by molar-refractivity contribution is -0.114. The van der Waals surface area contributed by atoms with Gasteiger partial charge in [0.05, 0.1) is 5.60 Å². The lowest BCUT2D eigenvalue weighted by Crippen LogP contribution is -2.47. The predicted molar refractivity (Wildman–Crippen MR) is 91.8 cm³/mol. The molecule has 0 aliphatic heterocycles. The molecule has 0 saturated heterocycles. The molecule has 0 aromatic heterocycles. The van der Waals surface area contributed by atoms with Crippen molar-refractivity contribution >= 4 is 5.78 Å². The summed E-state index contributed by atoms with van der Waals surface area (Å²) in [5.41, 5.74) is 3.37. The molecule has 23 heavy (non-hydrogen) atoms. The highest BCUT2D eigenvalue weighted by atomic mass is 16.3. The molecular formula is C21H26O2. The van der Waals surface area contributed by atoms with E-state index in [1.165, 1.54) is 16.7 Å². The zero-order valence-electron chi connectivity index (χ0n) is 14.0. The maximum Gasteiger partial charge on any atom is 0.156 e. The fourth-order valence-corrected chi connectivity index (χ4v) is 5.68. The lowest BCUT2D eigenvalue weighted by atomic mass is 9.58. The van der Waals surface area contributed by atoms with E-state index in [0.29, 0.717) is 24.7 Å². The minimum atomic E-state index is -0.648. The summed E-state index contributed by atoms with van der Waals surface area (Å²) in [5.74, 6) is 1.34. The molecule has 2 heteroatoms. The first-order valence-electron chi connectivity index (χ1n) is 8.98. The van der Waals surface area contributed by atoms with Crippen molar-refractivity contribution in [1.82, 2.24) is 0 Å². The number of hydrogen-bond donors (Lipinski definition) is 1. The summed E-state index contributed by atoms with van der Waals surface area (Å²) in [6, 6.07) is 0. The molecule has 4 aliphatic carbocycles. The molecule has 1 saturated carbocycles. The number of rotatable bonds is 2. The molecule has 0 aromatic rings. The number of allylic oxidation sites excluding steroid dienone is 5. The topological polar surface area (TPSA) is 37.3 Å². The van der Waals surface area contributed by atoms with Crippen molar-refractivity contribution in [3.05, 3.63) is 47.6 Å². The van der Waals surface area contributed by atoms with Crippen molar-refractivity contribution in [2.75, 3.05) is 0 Å². The number of aliphatic hydroxyl groups is 1. The van der Waals surface area contributed by atoms with Crippen LogP contribution in [0.3, 0.4) is 0 Å². The highest BCUT2D eigenvalue weighted by molar-refractivity contribution is 5.93. The molecule has 0 radical (unpaired) electrons. The summed E-state index contributed by atoms with van der Waals surface area (Å²) >= 11 is 0. The van der Waals surface area contributed by atoms with Crippen molar-refractivity contribution in [1.29, 1.82) is 0 Å². The Labute approximate surface area is 138 Å². The van der Waals surface area contributed by atoms with Crippen LogP contribution in [0.2, 0.25) is 0 Å². The van der Waals surface area contributed by atoms with Gasteiger partial charge in [-0.15, -0.1) is 6.58 Å². The summed E-state index contributed by atoms with van der Waals surface area (Å²) in [6.45, 7) is 6.09. The van der Waals surface area contributed by atoms with Crippen LogP contribution in [0.5, 0.6) is 0 Å². The lowest BCUT2D eigenvalue weighted by Gasteiger charge is -2.48. The Morgan fingerprint density at radius 1 is 1.35 bits per heavy atom. The summed E-state index contributed by atoms with van der Waals surface area (Å²) in [6.07, 6.45) is 14.6. The molecule has 4 atom stereocenters. The summed E-state index contributed by atoms with van der Waals surface area (Å²) in [7, 11) is 0. The van der Waals surface area contributed by atoms with Gasteiger partial charge in [-0.1, -0.05) is 25.2 Å². The third-order valence-electron chi connectivity index (χ3n) is 7.04. The van der Waals surface area contributed by atoms with Crippen molar-refractivity contribution < 1.29 is 9.90 Å². The smallest absolute Gasteiger partial charge is 0.156 e. The van der Waals surface area contributed by atoms with Gasteiger partial charge in [-0.05, 0) is 73.2 Å². The third-order valence-corrected chi connectivity index (χ3v) is 7.04. The maximum atomic E-state index is 11.7. The van der Waals surface area contributed by atoms with Crippen molar-refractivity contribution in [3.8, 4) is 0 Å². The SMILES string of the molecule is C=CC[C@]1(O)CC[C@@H]2[C@H]3CCC4=CC(=O)CCC4=C3C=C[C@@]21C. The van der Waals surface area contributed by atoms with Crippen LogP contribution < -0.4 is 0 Å². The van der Waals surface area contributed by atoms with E-state index >= 15 is 0 Å². The third kappa shape index (κ3) is 2.00. The van der Waals surface area contributed by atoms with E-state index in [1.54, 1.807) is 0 Å². The van der Waals surface area contributed by atoms with E-state index in [1.807, 2.05) is 12.2 Å². The van der Waals surface area contributed by atoms with Crippen LogP contribution in [0, 0.1) is 17.3 Å². The highest BCUT2D eigenvalue weighted by Gasteiger charge is 2.58. The molecule has 1 fully saturated rings. The maximum absolute atomic E-state index is 11.7. The summed E-state index contributed by atoms with van der Waals surface area (Å²) in [4.78, 5) is 11.7. The van der Waals surface area contributed by atoms with E-state index < -0.39 is 5.60 Å². The molecule has 1 N–H and O–H groups in total. The first-order valence-corrected chi connectivity index (χ1v) is 8.98. The number of ketones is 1. The van der Waals surface area contributed by atoms with Gasteiger partial charge in [0.2, 0.25) is 0 Å². The Balaban J connectivity index is 1.79. The Hall–Kier alpha value is -1.41. The molecule has 0 spiro atoms. The van der Waals surface area contributed by atoms with Crippen LogP contribution in [0.1, 0.15) is 51.9 Å². The average molecular weight is 310 g/mol. The van der Waals surface area contributed by atoms with E-state index in [0.717, 1.165) is 32.1 Å². The average Bonchev–Trinajstić information content (AvgIpc) is 2.79. The number of carbonyl (C=O) groups is 1. The normalized spacial score (nSPS) is 42.0. The Kier molecular flexibility index (Phi) is 3.32. The van der Waals surface area contributed by atoms with Crippen LogP contribution in [-0.4, -0.2) is 16.5 Å². The molecule has 0 amide bonds. The second kappa shape index (κ2) is 5.04. The zero-order chi connectivity index (χ0) is 16.2. The van der Waals surface area contributed by atoms with Gasteiger partial charge >= 0.3 is 0 Å². The van der Waals surface area contributed by atoms with Gasteiger partial charge in [-0.3, -0.25) is 4.79 Å². The number of carbonyl (C=O) groups excluding carboxylic acids is 1. The molecule has 0 aromatic carbocycles. The van der Waals surface area contributed by atoms with E-state index in [2.05, 4.69) is 25.7 Å². The Morgan fingerprint density at radius 2 is 2.17 bits per heavy atom. The van der Waals surface area contributed by atoms with Gasteiger partial charge in [0.1, 0.15) is 0 Å². The fraction of sp³-hybridized carbons (Fsp3) is 0.571. The van der Waals surface area contributed by atoms with Gasteiger partial charge in [0, 0.05) is 11.8 Å². The zero-order valence-corrected chi connectivity index (χ0v) is 14.0. The molecule has 4 aliphatic rings. The van der Waals surface area contributed by atoms with E-state index in [-0.39, 0.29) is 11.2 Å².